The number of thiazole rings is 1. The van der Waals surface area contributed by atoms with Gasteiger partial charge >= 0.3 is 5.97 Å². The molecule has 129 valence electrons. The van der Waals surface area contributed by atoms with Crippen LogP contribution in [0.25, 0.3) is 0 Å². The molecule has 0 aliphatic rings. The van der Waals surface area contributed by atoms with E-state index in [1.165, 1.54) is 11.3 Å². The zero-order valence-corrected chi connectivity index (χ0v) is 17.7. The molecule has 0 aliphatic heterocycles. The Morgan fingerprint density at radius 2 is 1.96 bits per heavy atom. The van der Waals surface area contributed by atoms with E-state index in [1.807, 2.05) is 5.38 Å². The van der Waals surface area contributed by atoms with Gasteiger partial charge in [-0.05, 0) is 38.0 Å². The third kappa shape index (κ3) is 8.96. The fourth-order valence-electron chi connectivity index (χ4n) is 1.83. The monoisotopic (exact) mass is 427 g/mol. The second-order valence-corrected chi connectivity index (χ2v) is 6.07. The molecule has 0 unspecified atom stereocenters. The average Bonchev–Trinajstić information content (AvgIpc) is 2.90. The summed E-state index contributed by atoms with van der Waals surface area (Å²) in [6.07, 6.45) is -0.167. The number of hydrogen-bond donors (Lipinski definition) is 3. The molecule has 0 amide bonds. The number of carboxylic acid groups (broad SMARTS) is 1. The van der Waals surface area contributed by atoms with Crippen molar-refractivity contribution >= 4 is 17.3 Å². The summed E-state index contributed by atoms with van der Waals surface area (Å²) in [5.41, 5.74) is 4.36. The number of benzene rings is 1. The standard InChI is InChI=1S/C13H14N2O3S.C3H8O.Y/c1-9-4-10(2-3-12(9)13(16)17)5-15(18)6-11-7-19-8-14-11;1-3(2)4;/h2-4,7-8,18H,5-6H2,1H3,(H,16,17);3-4H,1-2H3;. The molecule has 1 heterocycles. The number of aliphatic hydroxyl groups excluding tert-OH is 1. The van der Waals surface area contributed by atoms with Crippen molar-refractivity contribution in [1.82, 2.24) is 10.0 Å². The van der Waals surface area contributed by atoms with Crippen molar-refractivity contribution in [3.63, 3.8) is 0 Å². The first-order chi connectivity index (χ1) is 10.8. The third-order valence-corrected chi connectivity index (χ3v) is 3.35. The molecule has 0 atom stereocenters. The Bertz CT molecular complexity index is 618. The van der Waals surface area contributed by atoms with E-state index in [4.69, 9.17) is 10.2 Å². The Labute approximate surface area is 171 Å². The molecule has 0 aliphatic carbocycles. The van der Waals surface area contributed by atoms with E-state index in [-0.39, 0.29) is 44.4 Å². The summed E-state index contributed by atoms with van der Waals surface area (Å²) < 4.78 is 0. The van der Waals surface area contributed by atoms with Crippen LogP contribution >= 0.6 is 11.3 Å². The predicted molar refractivity (Wildman–Crippen MR) is 88.6 cm³/mol. The average molecular weight is 427 g/mol. The Balaban J connectivity index is 0.000000954. The van der Waals surface area contributed by atoms with Crippen LogP contribution in [-0.2, 0) is 45.8 Å². The molecule has 3 N–H and O–H groups in total. The number of rotatable bonds is 5. The van der Waals surface area contributed by atoms with Crippen LogP contribution in [0.2, 0.25) is 0 Å². The van der Waals surface area contributed by atoms with E-state index in [1.54, 1.807) is 44.5 Å². The molecule has 0 bridgehead atoms. The minimum absolute atomic E-state index is 0. The van der Waals surface area contributed by atoms with E-state index in [2.05, 4.69) is 4.98 Å². The maximum absolute atomic E-state index is 10.9. The van der Waals surface area contributed by atoms with Gasteiger partial charge in [-0.15, -0.1) is 11.3 Å². The number of aryl methyl sites for hydroxylation is 1. The molecule has 0 saturated carbocycles. The van der Waals surface area contributed by atoms with E-state index in [9.17, 15) is 10.0 Å². The molecule has 1 aromatic heterocycles. The molecule has 2 aromatic rings. The summed E-state index contributed by atoms with van der Waals surface area (Å²) in [6, 6.07) is 5.04. The SMILES string of the molecule is CC(C)O.Cc1cc(CN(O)Cc2cscn2)ccc1C(=O)O.[Y]. The van der Waals surface area contributed by atoms with Crippen LogP contribution in [0.3, 0.4) is 0 Å². The van der Waals surface area contributed by atoms with Gasteiger partial charge in [-0.25, -0.2) is 9.78 Å². The maximum Gasteiger partial charge on any atom is 0.335 e. The van der Waals surface area contributed by atoms with Gasteiger partial charge in [-0.2, -0.15) is 5.06 Å². The molecular weight excluding hydrogens is 405 g/mol. The molecule has 1 aromatic carbocycles. The molecule has 0 saturated heterocycles. The molecule has 24 heavy (non-hydrogen) atoms. The van der Waals surface area contributed by atoms with Crippen LogP contribution in [0, 0.1) is 6.92 Å². The molecule has 1 radical (unpaired) electrons. The van der Waals surface area contributed by atoms with Gasteiger partial charge in [0.1, 0.15) is 0 Å². The largest absolute Gasteiger partial charge is 0.478 e. The van der Waals surface area contributed by atoms with Gasteiger partial charge in [-0.3, -0.25) is 0 Å². The van der Waals surface area contributed by atoms with E-state index in [0.717, 1.165) is 16.3 Å². The van der Waals surface area contributed by atoms with Crippen molar-refractivity contribution < 1.29 is 52.9 Å². The molecule has 0 spiro atoms. The summed E-state index contributed by atoms with van der Waals surface area (Å²) in [7, 11) is 0. The summed E-state index contributed by atoms with van der Waals surface area (Å²) in [4.78, 5) is 15.0. The molecule has 6 nitrogen and oxygen atoms in total. The first-order valence-corrected chi connectivity index (χ1v) is 8.05. The second kappa shape index (κ2) is 11.8. The van der Waals surface area contributed by atoms with Gasteiger partial charge in [0.15, 0.2) is 0 Å². The fraction of sp³-hybridized carbons (Fsp3) is 0.375. The van der Waals surface area contributed by atoms with Gasteiger partial charge < -0.3 is 15.4 Å². The quantitative estimate of drug-likeness (QED) is 0.636. The van der Waals surface area contributed by atoms with E-state index < -0.39 is 5.97 Å². The van der Waals surface area contributed by atoms with Crippen LogP contribution in [0.15, 0.2) is 29.1 Å². The van der Waals surface area contributed by atoms with Crippen LogP contribution in [0.5, 0.6) is 0 Å². The van der Waals surface area contributed by atoms with Crippen LogP contribution in [0.1, 0.15) is 41.0 Å². The summed E-state index contributed by atoms with van der Waals surface area (Å²) in [5, 5.41) is 29.9. The zero-order chi connectivity index (χ0) is 17.4. The zero-order valence-electron chi connectivity index (χ0n) is 14.0. The maximum atomic E-state index is 10.9. The topological polar surface area (TPSA) is 93.9 Å². The third-order valence-electron chi connectivity index (χ3n) is 2.71. The molecule has 2 rings (SSSR count). The van der Waals surface area contributed by atoms with Crippen LogP contribution in [-0.4, -0.2) is 37.5 Å². The first-order valence-electron chi connectivity index (χ1n) is 7.11. The number of aromatic nitrogens is 1. The van der Waals surface area contributed by atoms with Gasteiger partial charge in [-0.1, -0.05) is 12.1 Å². The summed E-state index contributed by atoms with van der Waals surface area (Å²) in [6.45, 7) is 5.87. The fourth-order valence-corrected chi connectivity index (χ4v) is 2.38. The molecular formula is C16H22N2O4SY. The Hall–Kier alpha value is -0.696. The predicted octanol–water partition coefficient (Wildman–Crippen LogP) is 2.93. The van der Waals surface area contributed by atoms with Gasteiger partial charge in [0.25, 0.3) is 0 Å². The van der Waals surface area contributed by atoms with Crippen molar-refractivity contribution in [2.45, 2.75) is 40.0 Å². The summed E-state index contributed by atoms with van der Waals surface area (Å²) >= 11 is 1.48. The minimum atomic E-state index is -0.938. The van der Waals surface area contributed by atoms with Crippen molar-refractivity contribution in [1.29, 1.82) is 0 Å². The Morgan fingerprint density at radius 3 is 2.42 bits per heavy atom. The Morgan fingerprint density at radius 1 is 1.33 bits per heavy atom. The van der Waals surface area contributed by atoms with Gasteiger partial charge in [0.05, 0.1) is 23.3 Å². The second-order valence-electron chi connectivity index (χ2n) is 5.35. The summed E-state index contributed by atoms with van der Waals surface area (Å²) in [5.74, 6) is -0.938. The molecule has 0 fully saturated rings. The number of aliphatic hydroxyl groups is 1. The number of carbonyl (C=O) groups is 1. The van der Waals surface area contributed by atoms with E-state index >= 15 is 0 Å². The van der Waals surface area contributed by atoms with Crippen molar-refractivity contribution in [3.8, 4) is 0 Å². The number of aromatic carboxylic acids is 1. The van der Waals surface area contributed by atoms with Crippen molar-refractivity contribution in [2.75, 3.05) is 0 Å². The number of hydrogen-bond acceptors (Lipinski definition) is 6. The Kier molecular flexibility index (Phi) is 11.4. The number of hydroxylamine groups is 2. The van der Waals surface area contributed by atoms with Gasteiger partial charge in [0, 0.05) is 50.7 Å². The van der Waals surface area contributed by atoms with Gasteiger partial charge in [0.2, 0.25) is 0 Å². The van der Waals surface area contributed by atoms with E-state index in [0.29, 0.717) is 18.7 Å². The first kappa shape index (κ1) is 23.3. The van der Waals surface area contributed by atoms with Crippen molar-refractivity contribution in [3.05, 3.63) is 51.5 Å². The smallest absolute Gasteiger partial charge is 0.335 e. The number of carboxylic acids is 1. The normalized spacial score (nSPS) is 10.1. The van der Waals surface area contributed by atoms with Crippen LogP contribution < -0.4 is 0 Å². The molecule has 8 heteroatoms. The minimum Gasteiger partial charge on any atom is -0.478 e. The van der Waals surface area contributed by atoms with Crippen molar-refractivity contribution in [2.24, 2.45) is 0 Å². The van der Waals surface area contributed by atoms with Crippen LogP contribution in [0.4, 0.5) is 0 Å². The number of nitrogens with zero attached hydrogens (tertiary/aromatic N) is 2.